The van der Waals surface area contributed by atoms with E-state index in [0.29, 0.717) is 5.95 Å². The van der Waals surface area contributed by atoms with E-state index in [9.17, 15) is 0 Å². The summed E-state index contributed by atoms with van der Waals surface area (Å²) in [6.45, 7) is 2.76. The second-order valence-corrected chi connectivity index (χ2v) is 5.73. The molecule has 0 atom stereocenters. The number of nitrogens with one attached hydrogen (secondary N) is 2. The van der Waals surface area contributed by atoms with Gasteiger partial charge in [0.2, 0.25) is 5.95 Å². The summed E-state index contributed by atoms with van der Waals surface area (Å²) in [6, 6.07) is 20.0. The highest BCUT2D eigenvalue weighted by atomic mass is 16.5. The van der Waals surface area contributed by atoms with Crippen molar-refractivity contribution in [1.29, 1.82) is 0 Å². The first-order chi connectivity index (χ1) is 12.2. The number of aryl methyl sites for hydroxylation is 1. The van der Waals surface area contributed by atoms with Crippen LogP contribution in [0.4, 0.5) is 17.5 Å². The highest BCUT2D eigenvalue weighted by molar-refractivity contribution is 5.55. The highest BCUT2D eigenvalue weighted by Gasteiger charge is 2.03. The summed E-state index contributed by atoms with van der Waals surface area (Å²) in [6.07, 6.45) is 0.911. The van der Waals surface area contributed by atoms with Crippen LogP contribution < -0.4 is 15.4 Å². The molecule has 2 aromatic carbocycles. The zero-order valence-electron chi connectivity index (χ0n) is 14.5. The molecule has 3 rings (SSSR count). The summed E-state index contributed by atoms with van der Waals surface area (Å²) in [5.41, 5.74) is 3.14. The summed E-state index contributed by atoms with van der Waals surface area (Å²) in [4.78, 5) is 8.97. The number of benzene rings is 2. The fraction of sp³-hybridized carbons (Fsp3) is 0.200. The molecular weight excluding hydrogens is 312 g/mol. The first-order valence-electron chi connectivity index (χ1n) is 8.27. The van der Waals surface area contributed by atoms with E-state index in [1.807, 2.05) is 55.5 Å². The van der Waals surface area contributed by atoms with Gasteiger partial charge in [-0.1, -0.05) is 30.3 Å². The van der Waals surface area contributed by atoms with Crippen molar-refractivity contribution in [2.75, 3.05) is 24.3 Å². The van der Waals surface area contributed by atoms with Crippen LogP contribution in [0.2, 0.25) is 0 Å². The molecule has 0 saturated heterocycles. The molecule has 5 nitrogen and oxygen atoms in total. The van der Waals surface area contributed by atoms with E-state index in [0.717, 1.165) is 35.9 Å². The number of para-hydroxylation sites is 1. The van der Waals surface area contributed by atoms with Gasteiger partial charge in [0, 0.05) is 24.0 Å². The van der Waals surface area contributed by atoms with Gasteiger partial charge in [0.25, 0.3) is 0 Å². The number of hydrogen-bond acceptors (Lipinski definition) is 5. The van der Waals surface area contributed by atoms with Gasteiger partial charge in [-0.15, -0.1) is 0 Å². The smallest absolute Gasteiger partial charge is 0.229 e. The Labute approximate surface area is 148 Å². The van der Waals surface area contributed by atoms with Crippen LogP contribution in [-0.4, -0.2) is 23.6 Å². The molecule has 0 aliphatic heterocycles. The molecule has 0 spiro atoms. The summed E-state index contributed by atoms with van der Waals surface area (Å²) in [5, 5.41) is 6.60. The molecule has 0 bridgehead atoms. The Hall–Kier alpha value is -3.08. The topological polar surface area (TPSA) is 59.1 Å². The van der Waals surface area contributed by atoms with E-state index in [1.165, 1.54) is 5.56 Å². The van der Waals surface area contributed by atoms with Crippen molar-refractivity contribution in [2.45, 2.75) is 13.3 Å². The Morgan fingerprint density at radius 1 is 0.960 bits per heavy atom. The predicted molar refractivity (Wildman–Crippen MR) is 102 cm³/mol. The maximum absolute atomic E-state index is 5.18. The molecule has 2 N–H and O–H groups in total. The SMILES string of the molecule is COc1ccc(CCNc2cc(C)nc(Nc3ccccc3)n2)cc1. The molecule has 0 fully saturated rings. The van der Waals surface area contributed by atoms with Crippen LogP contribution >= 0.6 is 0 Å². The number of nitrogens with zero attached hydrogens (tertiary/aromatic N) is 2. The number of aromatic nitrogens is 2. The van der Waals surface area contributed by atoms with Crippen molar-refractivity contribution in [3.8, 4) is 5.75 Å². The minimum Gasteiger partial charge on any atom is -0.497 e. The maximum Gasteiger partial charge on any atom is 0.229 e. The molecule has 1 heterocycles. The second kappa shape index (κ2) is 8.15. The molecular formula is C20H22N4O. The van der Waals surface area contributed by atoms with E-state index >= 15 is 0 Å². The van der Waals surface area contributed by atoms with Crippen LogP contribution in [0, 0.1) is 6.92 Å². The third-order valence-electron chi connectivity index (χ3n) is 3.76. The number of hydrogen-bond donors (Lipinski definition) is 2. The van der Waals surface area contributed by atoms with E-state index in [1.54, 1.807) is 7.11 Å². The van der Waals surface area contributed by atoms with Crippen LogP contribution in [0.25, 0.3) is 0 Å². The van der Waals surface area contributed by atoms with Gasteiger partial charge in [-0.05, 0) is 43.2 Å². The first-order valence-corrected chi connectivity index (χ1v) is 8.27. The quantitative estimate of drug-likeness (QED) is 0.678. The third-order valence-corrected chi connectivity index (χ3v) is 3.76. The van der Waals surface area contributed by atoms with Crippen LogP contribution in [-0.2, 0) is 6.42 Å². The molecule has 3 aromatic rings. The predicted octanol–water partition coefficient (Wildman–Crippen LogP) is 4.19. The number of anilines is 3. The molecule has 0 saturated carbocycles. The van der Waals surface area contributed by atoms with E-state index < -0.39 is 0 Å². The lowest BCUT2D eigenvalue weighted by Gasteiger charge is -2.10. The third kappa shape index (κ3) is 4.94. The molecule has 128 valence electrons. The minimum atomic E-state index is 0.596. The number of rotatable bonds is 7. The highest BCUT2D eigenvalue weighted by Crippen LogP contribution is 2.16. The van der Waals surface area contributed by atoms with Crippen LogP contribution in [0.1, 0.15) is 11.3 Å². The standard InChI is InChI=1S/C20H22N4O/c1-15-14-19(21-13-12-16-8-10-18(25-2)11-9-16)24-20(22-15)23-17-6-4-3-5-7-17/h3-11,14H,12-13H2,1-2H3,(H2,21,22,23,24). The average molecular weight is 334 g/mol. The van der Waals surface area contributed by atoms with Crippen LogP contribution in [0.15, 0.2) is 60.7 Å². The van der Waals surface area contributed by atoms with Gasteiger partial charge >= 0.3 is 0 Å². The summed E-state index contributed by atoms with van der Waals surface area (Å²) >= 11 is 0. The maximum atomic E-state index is 5.18. The van der Waals surface area contributed by atoms with Gasteiger partial charge in [0.05, 0.1) is 7.11 Å². The fourth-order valence-corrected chi connectivity index (χ4v) is 2.49. The Kier molecular flexibility index (Phi) is 5.46. The minimum absolute atomic E-state index is 0.596. The van der Waals surface area contributed by atoms with Gasteiger partial charge in [-0.25, -0.2) is 4.98 Å². The Balaban J connectivity index is 1.60. The van der Waals surface area contributed by atoms with Crippen molar-refractivity contribution in [3.05, 3.63) is 71.9 Å². The van der Waals surface area contributed by atoms with Crippen LogP contribution in [0.3, 0.4) is 0 Å². The van der Waals surface area contributed by atoms with Gasteiger partial charge in [-0.3, -0.25) is 0 Å². The number of ether oxygens (including phenoxy) is 1. The lowest BCUT2D eigenvalue weighted by atomic mass is 10.1. The summed E-state index contributed by atoms with van der Waals surface area (Å²) in [5.74, 6) is 2.29. The Morgan fingerprint density at radius 3 is 2.44 bits per heavy atom. The molecule has 1 aromatic heterocycles. The van der Waals surface area contributed by atoms with E-state index in [2.05, 4.69) is 32.7 Å². The van der Waals surface area contributed by atoms with Gasteiger partial charge < -0.3 is 15.4 Å². The van der Waals surface area contributed by atoms with Crippen molar-refractivity contribution < 1.29 is 4.74 Å². The summed E-state index contributed by atoms with van der Waals surface area (Å²) < 4.78 is 5.18. The molecule has 0 amide bonds. The largest absolute Gasteiger partial charge is 0.497 e. The lowest BCUT2D eigenvalue weighted by Crippen LogP contribution is -2.08. The molecule has 0 aliphatic rings. The lowest BCUT2D eigenvalue weighted by molar-refractivity contribution is 0.414. The van der Waals surface area contributed by atoms with Gasteiger partial charge in [0.1, 0.15) is 11.6 Å². The Morgan fingerprint density at radius 2 is 1.72 bits per heavy atom. The second-order valence-electron chi connectivity index (χ2n) is 5.73. The molecule has 0 aliphatic carbocycles. The fourth-order valence-electron chi connectivity index (χ4n) is 2.49. The van der Waals surface area contributed by atoms with Gasteiger partial charge in [0.15, 0.2) is 0 Å². The van der Waals surface area contributed by atoms with Crippen molar-refractivity contribution in [2.24, 2.45) is 0 Å². The van der Waals surface area contributed by atoms with Crippen molar-refractivity contribution in [3.63, 3.8) is 0 Å². The van der Waals surface area contributed by atoms with E-state index in [4.69, 9.17) is 4.74 Å². The normalized spacial score (nSPS) is 10.3. The zero-order valence-corrected chi connectivity index (χ0v) is 14.5. The molecule has 0 radical (unpaired) electrons. The summed E-state index contributed by atoms with van der Waals surface area (Å²) in [7, 11) is 1.68. The molecule has 5 heteroatoms. The zero-order chi connectivity index (χ0) is 17.5. The van der Waals surface area contributed by atoms with Gasteiger partial charge in [-0.2, -0.15) is 4.98 Å². The van der Waals surface area contributed by atoms with Crippen molar-refractivity contribution in [1.82, 2.24) is 9.97 Å². The van der Waals surface area contributed by atoms with Crippen molar-refractivity contribution >= 4 is 17.5 Å². The first kappa shape index (κ1) is 16.8. The Bertz CT molecular complexity index is 804. The molecule has 25 heavy (non-hydrogen) atoms. The monoisotopic (exact) mass is 334 g/mol. The average Bonchev–Trinajstić information content (AvgIpc) is 2.63. The van der Waals surface area contributed by atoms with Crippen LogP contribution in [0.5, 0.6) is 5.75 Å². The number of methoxy groups -OCH3 is 1. The van der Waals surface area contributed by atoms with E-state index in [-0.39, 0.29) is 0 Å². The molecule has 0 unspecified atom stereocenters.